The molecule has 17 heavy (non-hydrogen) atoms. The fourth-order valence-corrected chi connectivity index (χ4v) is 1.73. The fraction of sp³-hybridized carbons (Fsp3) is 0.462. The molecule has 0 aliphatic rings. The van der Waals surface area contributed by atoms with Crippen LogP contribution in [0.4, 0.5) is 0 Å². The summed E-state index contributed by atoms with van der Waals surface area (Å²) in [6.07, 6.45) is 0. The van der Waals surface area contributed by atoms with Gasteiger partial charge >= 0.3 is 5.97 Å². The lowest BCUT2D eigenvalue weighted by Crippen LogP contribution is -2.47. The monoisotopic (exact) mass is 237 g/mol. The van der Waals surface area contributed by atoms with Crippen molar-refractivity contribution < 1.29 is 14.6 Å². The highest BCUT2D eigenvalue weighted by Crippen LogP contribution is 2.17. The summed E-state index contributed by atoms with van der Waals surface area (Å²) in [5, 5.41) is 12.3. The van der Waals surface area contributed by atoms with Crippen molar-refractivity contribution in [1.82, 2.24) is 5.32 Å². The van der Waals surface area contributed by atoms with Gasteiger partial charge in [-0.25, -0.2) is 0 Å². The van der Waals surface area contributed by atoms with Crippen LogP contribution in [0.5, 0.6) is 0 Å². The summed E-state index contributed by atoms with van der Waals surface area (Å²) < 4.78 is 5.07. The lowest BCUT2D eigenvalue weighted by Gasteiger charge is -2.29. The van der Waals surface area contributed by atoms with E-state index in [1.165, 1.54) is 0 Å². The Morgan fingerprint density at radius 1 is 1.41 bits per heavy atom. The van der Waals surface area contributed by atoms with Gasteiger partial charge in [0.25, 0.3) is 0 Å². The number of ether oxygens (including phenoxy) is 1. The molecule has 0 amide bonds. The van der Waals surface area contributed by atoms with Crippen molar-refractivity contribution in [3.63, 3.8) is 0 Å². The van der Waals surface area contributed by atoms with E-state index in [4.69, 9.17) is 4.74 Å². The van der Waals surface area contributed by atoms with Gasteiger partial charge in [-0.2, -0.15) is 0 Å². The molecule has 0 fully saturated rings. The first-order chi connectivity index (χ1) is 7.96. The Labute approximate surface area is 102 Å². The van der Waals surface area contributed by atoms with E-state index in [9.17, 15) is 9.90 Å². The third-order valence-electron chi connectivity index (χ3n) is 2.42. The number of nitrogens with one attached hydrogen (secondary N) is 1. The van der Waals surface area contributed by atoms with E-state index in [0.29, 0.717) is 6.61 Å². The lowest BCUT2D eigenvalue weighted by molar-refractivity contribution is -0.140. The molecule has 0 saturated carbocycles. The molecule has 94 valence electrons. The molecule has 4 nitrogen and oxygen atoms in total. The summed E-state index contributed by atoms with van der Waals surface area (Å²) in [4.78, 5) is 11.3. The highest BCUT2D eigenvalue weighted by Gasteiger charge is 2.27. The molecule has 0 radical (unpaired) electrons. The van der Waals surface area contributed by atoms with Crippen LogP contribution in [-0.2, 0) is 9.53 Å². The van der Waals surface area contributed by atoms with Crippen LogP contribution < -0.4 is 5.32 Å². The van der Waals surface area contributed by atoms with Crippen molar-refractivity contribution in [3.8, 4) is 0 Å². The minimum absolute atomic E-state index is 0.395. The molecule has 4 heteroatoms. The maximum absolute atomic E-state index is 11.3. The number of benzene rings is 1. The maximum Gasteiger partial charge on any atom is 0.325 e. The molecule has 1 aromatic carbocycles. The Bertz CT molecular complexity index is 362. The van der Waals surface area contributed by atoms with Gasteiger partial charge < -0.3 is 9.84 Å². The molecule has 1 atom stereocenters. The zero-order chi connectivity index (χ0) is 12.9. The quantitative estimate of drug-likeness (QED) is 0.792. The number of carboxylic acid groups (broad SMARTS) is 1. The van der Waals surface area contributed by atoms with E-state index in [1.54, 1.807) is 19.2 Å². The topological polar surface area (TPSA) is 58.6 Å². The molecule has 0 aliphatic carbocycles. The van der Waals surface area contributed by atoms with E-state index in [1.807, 2.05) is 32.0 Å². The van der Waals surface area contributed by atoms with Crippen molar-refractivity contribution in [2.24, 2.45) is 0 Å². The zero-order valence-corrected chi connectivity index (χ0v) is 10.4. The summed E-state index contributed by atoms with van der Waals surface area (Å²) >= 11 is 0. The van der Waals surface area contributed by atoms with Crippen LogP contribution in [-0.4, -0.2) is 30.3 Å². The standard InChI is InChI=1S/C13H19NO3/c1-13(2,9-17-3)14-11(12(15)16)10-7-5-4-6-8-10/h4-8,11,14H,9H2,1-3H3,(H,15,16). The minimum Gasteiger partial charge on any atom is -0.480 e. The molecule has 0 aromatic heterocycles. The third-order valence-corrected chi connectivity index (χ3v) is 2.42. The van der Waals surface area contributed by atoms with Crippen LogP contribution in [0.1, 0.15) is 25.5 Å². The molecule has 1 unspecified atom stereocenters. The van der Waals surface area contributed by atoms with Crippen LogP contribution in [0.25, 0.3) is 0 Å². The Morgan fingerprint density at radius 2 is 2.00 bits per heavy atom. The molecule has 2 N–H and O–H groups in total. The number of aliphatic carboxylic acids is 1. The van der Waals surface area contributed by atoms with Gasteiger partial charge in [-0.3, -0.25) is 10.1 Å². The predicted molar refractivity (Wildman–Crippen MR) is 65.9 cm³/mol. The van der Waals surface area contributed by atoms with E-state index in [2.05, 4.69) is 5.32 Å². The number of hydrogen-bond donors (Lipinski definition) is 2. The average molecular weight is 237 g/mol. The van der Waals surface area contributed by atoms with Crippen molar-refractivity contribution >= 4 is 5.97 Å². The van der Waals surface area contributed by atoms with Crippen LogP contribution >= 0.6 is 0 Å². The van der Waals surface area contributed by atoms with E-state index in [0.717, 1.165) is 5.56 Å². The summed E-state index contributed by atoms with van der Waals surface area (Å²) in [5.41, 5.74) is 0.345. The van der Waals surface area contributed by atoms with Gasteiger partial charge in [-0.15, -0.1) is 0 Å². The average Bonchev–Trinajstić information content (AvgIpc) is 2.27. The van der Waals surface area contributed by atoms with Gasteiger partial charge in [0.2, 0.25) is 0 Å². The largest absolute Gasteiger partial charge is 0.480 e. The van der Waals surface area contributed by atoms with Crippen LogP contribution in [0, 0.1) is 0 Å². The molecule has 1 rings (SSSR count). The second-order valence-electron chi connectivity index (χ2n) is 4.64. The van der Waals surface area contributed by atoms with Crippen molar-refractivity contribution in [1.29, 1.82) is 0 Å². The summed E-state index contributed by atoms with van der Waals surface area (Å²) in [7, 11) is 1.60. The number of rotatable bonds is 6. The first-order valence-electron chi connectivity index (χ1n) is 5.50. The van der Waals surface area contributed by atoms with Gasteiger partial charge in [-0.1, -0.05) is 30.3 Å². The number of methoxy groups -OCH3 is 1. The molecule has 0 heterocycles. The molecular weight excluding hydrogens is 218 g/mol. The van der Waals surface area contributed by atoms with Crippen molar-refractivity contribution in [2.75, 3.05) is 13.7 Å². The van der Waals surface area contributed by atoms with Crippen molar-refractivity contribution in [2.45, 2.75) is 25.4 Å². The Hall–Kier alpha value is -1.39. The third kappa shape index (κ3) is 4.17. The Balaban J connectivity index is 2.85. The SMILES string of the molecule is COCC(C)(C)NC(C(=O)O)c1ccccc1. The predicted octanol–water partition coefficient (Wildman–Crippen LogP) is 1.83. The normalized spacial score (nSPS) is 13.4. The first kappa shape index (κ1) is 13.7. The summed E-state index contributed by atoms with van der Waals surface area (Å²) in [5.74, 6) is -0.889. The zero-order valence-electron chi connectivity index (χ0n) is 10.4. The molecular formula is C13H19NO3. The maximum atomic E-state index is 11.3. The lowest BCUT2D eigenvalue weighted by atomic mass is 10.0. The fourth-order valence-electron chi connectivity index (χ4n) is 1.73. The molecule has 0 aliphatic heterocycles. The van der Waals surface area contributed by atoms with Gasteiger partial charge in [0.05, 0.1) is 6.61 Å². The first-order valence-corrected chi connectivity index (χ1v) is 5.50. The smallest absolute Gasteiger partial charge is 0.325 e. The highest BCUT2D eigenvalue weighted by atomic mass is 16.5. The number of carboxylic acids is 1. The van der Waals surface area contributed by atoms with Gasteiger partial charge in [0.1, 0.15) is 6.04 Å². The van der Waals surface area contributed by atoms with Gasteiger partial charge in [0, 0.05) is 12.6 Å². The van der Waals surface area contributed by atoms with Crippen LogP contribution in [0.15, 0.2) is 30.3 Å². The Morgan fingerprint density at radius 3 is 2.47 bits per heavy atom. The van der Waals surface area contributed by atoms with Crippen molar-refractivity contribution in [3.05, 3.63) is 35.9 Å². The molecule has 0 saturated heterocycles. The molecule has 0 spiro atoms. The second kappa shape index (κ2) is 5.80. The minimum atomic E-state index is -0.889. The summed E-state index contributed by atoms with van der Waals surface area (Å²) in [6, 6.07) is 8.40. The van der Waals surface area contributed by atoms with E-state index in [-0.39, 0.29) is 0 Å². The van der Waals surface area contributed by atoms with Crippen LogP contribution in [0.2, 0.25) is 0 Å². The van der Waals surface area contributed by atoms with E-state index >= 15 is 0 Å². The van der Waals surface area contributed by atoms with Crippen LogP contribution in [0.3, 0.4) is 0 Å². The molecule has 1 aromatic rings. The second-order valence-corrected chi connectivity index (χ2v) is 4.64. The summed E-state index contributed by atoms with van der Waals surface area (Å²) in [6.45, 7) is 4.27. The number of carbonyl (C=O) groups is 1. The molecule has 0 bridgehead atoms. The Kier molecular flexibility index (Phi) is 4.66. The highest BCUT2D eigenvalue weighted by molar-refractivity contribution is 5.75. The number of hydrogen-bond acceptors (Lipinski definition) is 3. The van der Waals surface area contributed by atoms with Gasteiger partial charge in [-0.05, 0) is 19.4 Å². The van der Waals surface area contributed by atoms with E-state index < -0.39 is 17.6 Å². The van der Waals surface area contributed by atoms with Gasteiger partial charge in [0.15, 0.2) is 0 Å².